The van der Waals surface area contributed by atoms with E-state index in [1.807, 2.05) is 14.2 Å². The van der Waals surface area contributed by atoms with Gasteiger partial charge >= 0.3 is 30.2 Å². The SMILES string of the molecule is COc1c(C(C)(C)C)cc2[cH-]c(CC(C)(C)C)cc2c1-c1cc(C)cc(C)c1.COc1c(C(C)(C)C)cc2[cH-]c(CC(C)(C)C)cc2c1-c1cc(C)cc(C)c1.Cl.Cl.[CH3-].[CH3-].[Si]=[Zr]. The minimum atomic E-state index is 0. The Kier molecular flexibility index (Phi) is 22.0. The summed E-state index contributed by atoms with van der Waals surface area (Å²) in [5.74, 6) is 2.02. The Morgan fingerprint density at radius 1 is 0.468 bits per heavy atom. The van der Waals surface area contributed by atoms with Crippen molar-refractivity contribution >= 4 is 53.2 Å². The molecular weight excluding hydrogens is 895 g/mol. The zero-order valence-electron chi connectivity index (χ0n) is 42.0. The van der Waals surface area contributed by atoms with Gasteiger partial charge in [-0.25, -0.2) is 0 Å². The number of aryl methyl sites for hydroxylation is 4. The Bertz CT molecular complexity index is 2180. The number of halogens is 2. The van der Waals surface area contributed by atoms with Crippen molar-refractivity contribution in [3.63, 3.8) is 0 Å². The average molecular weight is 973 g/mol. The van der Waals surface area contributed by atoms with Crippen LogP contribution in [0, 0.1) is 53.4 Å². The second kappa shape index (κ2) is 23.0. The van der Waals surface area contributed by atoms with Crippen molar-refractivity contribution in [1.82, 2.24) is 0 Å². The zero-order valence-corrected chi connectivity index (χ0v) is 47.1. The summed E-state index contributed by atoms with van der Waals surface area (Å²) in [5, 5.41) is 5.24. The molecule has 0 unspecified atom stereocenters. The molecule has 2 radical (unpaired) electrons. The minimum absolute atomic E-state index is 0. The van der Waals surface area contributed by atoms with E-state index in [1.54, 1.807) is 0 Å². The van der Waals surface area contributed by atoms with Gasteiger partial charge in [-0.1, -0.05) is 142 Å². The van der Waals surface area contributed by atoms with E-state index in [0.717, 1.165) is 24.3 Å². The predicted molar refractivity (Wildman–Crippen MR) is 279 cm³/mol. The van der Waals surface area contributed by atoms with Crippen LogP contribution in [0.3, 0.4) is 0 Å². The van der Waals surface area contributed by atoms with Crippen LogP contribution in [0.4, 0.5) is 0 Å². The maximum atomic E-state index is 6.06. The van der Waals surface area contributed by atoms with Crippen molar-refractivity contribution in [1.29, 1.82) is 0 Å². The van der Waals surface area contributed by atoms with Gasteiger partial charge in [-0.15, -0.1) is 81.8 Å². The molecule has 6 rings (SSSR count). The molecule has 0 N–H and O–H groups in total. The van der Waals surface area contributed by atoms with Crippen LogP contribution in [-0.2, 0) is 47.0 Å². The van der Waals surface area contributed by atoms with Crippen LogP contribution in [0.5, 0.6) is 11.5 Å². The Labute approximate surface area is 408 Å². The normalized spacial score (nSPS) is 11.4. The standard InChI is InChI=1S/2C27H35O.2CH3.2ClH.Si.Zr/c2*1-17-10-18(2)12-21(11-17)24-22-14-19(16-26(3,4)5)13-20(22)15-23(25(24)28-9)27(6,7)8;;;;;;/h2*10-15H,16H2,1-9H3;2*1H3;2*1H;;/q4*-1;;;;. The first-order valence-corrected chi connectivity index (χ1v) is 25.0. The van der Waals surface area contributed by atoms with E-state index in [1.165, 1.54) is 112 Å². The molecule has 6 heteroatoms. The molecule has 0 aliphatic rings. The Balaban J connectivity index is 0.00000109. The molecule has 62 heavy (non-hydrogen) atoms. The molecule has 0 heterocycles. The molecule has 0 fully saturated rings. The van der Waals surface area contributed by atoms with Gasteiger partial charge < -0.3 is 24.3 Å². The number of benzene rings is 4. The Morgan fingerprint density at radius 2 is 0.742 bits per heavy atom. The molecule has 0 atom stereocenters. The van der Waals surface area contributed by atoms with Crippen LogP contribution in [0.1, 0.15) is 128 Å². The summed E-state index contributed by atoms with van der Waals surface area (Å²) in [5.41, 5.74) is 16.0. The van der Waals surface area contributed by atoms with E-state index in [9.17, 15) is 0 Å². The molecule has 6 aromatic rings. The van der Waals surface area contributed by atoms with Gasteiger partial charge in [-0.2, -0.15) is 12.1 Å². The Hall–Kier alpha value is -2.62. The van der Waals surface area contributed by atoms with E-state index in [-0.39, 0.29) is 61.3 Å². The maximum absolute atomic E-state index is 6.06. The summed E-state index contributed by atoms with van der Waals surface area (Å²) in [4.78, 5) is 0. The summed E-state index contributed by atoms with van der Waals surface area (Å²) in [6, 6.07) is 27.8. The summed E-state index contributed by atoms with van der Waals surface area (Å²) < 4.78 is 12.1. The summed E-state index contributed by atoms with van der Waals surface area (Å²) in [6.07, 6.45) is 2.14. The van der Waals surface area contributed by atoms with Crippen molar-refractivity contribution < 1.29 is 32.8 Å². The molecule has 340 valence electrons. The number of rotatable bonds is 6. The van der Waals surface area contributed by atoms with Crippen molar-refractivity contribution in [3.05, 3.63) is 132 Å². The second-order valence-electron chi connectivity index (χ2n) is 21.1. The number of hydrogen-bond acceptors (Lipinski definition) is 2. The van der Waals surface area contributed by atoms with E-state index in [4.69, 9.17) is 9.47 Å². The van der Waals surface area contributed by atoms with Gasteiger partial charge in [0.25, 0.3) is 0 Å². The van der Waals surface area contributed by atoms with E-state index >= 15 is 0 Å². The van der Waals surface area contributed by atoms with Crippen molar-refractivity contribution in [2.45, 2.75) is 134 Å². The fraction of sp³-hybridized carbons (Fsp3) is 0.429. The van der Waals surface area contributed by atoms with Crippen molar-refractivity contribution in [3.8, 4) is 33.8 Å². The van der Waals surface area contributed by atoms with Crippen molar-refractivity contribution in [2.24, 2.45) is 10.8 Å². The van der Waals surface area contributed by atoms with Gasteiger partial charge in [0.1, 0.15) is 11.5 Å². The first-order chi connectivity index (χ1) is 26.8. The third-order valence-corrected chi connectivity index (χ3v) is 10.6. The van der Waals surface area contributed by atoms with Gasteiger partial charge in [-0.3, -0.25) is 0 Å². The third-order valence-electron chi connectivity index (χ3n) is 10.6. The molecular formula is C56H78Cl2O2SiZr-4. The molecule has 0 saturated heterocycles. The van der Waals surface area contributed by atoms with Gasteiger partial charge in [-0.05, 0) is 95.6 Å². The molecule has 2 nitrogen and oxygen atoms in total. The van der Waals surface area contributed by atoms with E-state index in [2.05, 4.69) is 190 Å². The van der Waals surface area contributed by atoms with Gasteiger partial charge in [0.2, 0.25) is 0 Å². The summed E-state index contributed by atoms with van der Waals surface area (Å²) in [7, 11) is 3.61. The number of ether oxygens (including phenoxy) is 2. The topological polar surface area (TPSA) is 18.5 Å². The molecule has 0 spiro atoms. The van der Waals surface area contributed by atoms with Crippen LogP contribution in [0.2, 0.25) is 0 Å². The molecule has 6 aromatic carbocycles. The van der Waals surface area contributed by atoms with Crippen molar-refractivity contribution in [2.75, 3.05) is 14.2 Å². The Morgan fingerprint density at radius 3 is 0.968 bits per heavy atom. The zero-order chi connectivity index (χ0) is 43.7. The van der Waals surface area contributed by atoms with Crippen LogP contribution in [0.25, 0.3) is 43.8 Å². The fourth-order valence-corrected chi connectivity index (χ4v) is 8.58. The third kappa shape index (κ3) is 14.7. The average Bonchev–Trinajstić information content (AvgIpc) is 3.66. The molecule has 0 bridgehead atoms. The first-order valence-electron chi connectivity index (χ1n) is 20.8. The molecule has 0 aromatic heterocycles. The monoisotopic (exact) mass is 970 g/mol. The molecule has 0 amide bonds. The first kappa shape index (κ1) is 59.4. The number of fused-ring (bicyclic) bond motifs is 2. The molecule has 0 aliphatic heterocycles. The fourth-order valence-electron chi connectivity index (χ4n) is 8.58. The van der Waals surface area contributed by atoms with Crippen LogP contribution in [0.15, 0.2) is 72.8 Å². The summed E-state index contributed by atoms with van der Waals surface area (Å²) in [6.45, 7) is 39.1. The van der Waals surface area contributed by atoms with Crippen LogP contribution in [-0.4, -0.2) is 21.1 Å². The second-order valence-corrected chi connectivity index (χ2v) is 21.1. The van der Waals surface area contributed by atoms with Gasteiger partial charge in [0.15, 0.2) is 0 Å². The molecule has 0 aliphatic carbocycles. The van der Waals surface area contributed by atoms with Gasteiger partial charge in [0, 0.05) is 0 Å². The van der Waals surface area contributed by atoms with Gasteiger partial charge in [0.05, 0.1) is 14.2 Å². The van der Waals surface area contributed by atoms with Crippen LogP contribution < -0.4 is 9.47 Å². The molecule has 0 saturated carbocycles. The van der Waals surface area contributed by atoms with E-state index < -0.39 is 0 Å². The van der Waals surface area contributed by atoms with E-state index in [0.29, 0.717) is 0 Å². The van der Waals surface area contributed by atoms with Crippen LogP contribution >= 0.6 is 24.8 Å². The number of methoxy groups -OCH3 is 2. The summed E-state index contributed by atoms with van der Waals surface area (Å²) >= 11 is 1.36. The number of hydrogen-bond donors (Lipinski definition) is 0. The predicted octanol–water partition coefficient (Wildman–Crippen LogP) is 16.8. The quantitative estimate of drug-likeness (QED) is 0.122.